The highest BCUT2D eigenvalue weighted by Gasteiger charge is 2.24. The van der Waals surface area contributed by atoms with Crippen molar-refractivity contribution in [3.8, 4) is 0 Å². The third kappa shape index (κ3) is 4.28. The molecular weight excluding hydrogens is 300 g/mol. The molecule has 2 fully saturated rings. The summed E-state index contributed by atoms with van der Waals surface area (Å²) >= 11 is 0. The van der Waals surface area contributed by atoms with Crippen LogP contribution in [0.15, 0.2) is 24.3 Å². The van der Waals surface area contributed by atoms with E-state index in [2.05, 4.69) is 46.1 Å². The van der Waals surface area contributed by atoms with E-state index >= 15 is 0 Å². The maximum absolute atomic E-state index is 12.4. The number of amides is 1. The van der Waals surface area contributed by atoms with Gasteiger partial charge in [-0.15, -0.1) is 0 Å². The second-order valence-corrected chi connectivity index (χ2v) is 7.03. The van der Waals surface area contributed by atoms with Gasteiger partial charge in [-0.3, -0.25) is 4.79 Å². The van der Waals surface area contributed by atoms with Crippen LogP contribution < -0.4 is 10.2 Å². The molecule has 5 heteroatoms. The van der Waals surface area contributed by atoms with Crippen LogP contribution in [-0.2, 0) is 4.79 Å². The van der Waals surface area contributed by atoms with Gasteiger partial charge in [0.1, 0.15) is 0 Å². The minimum absolute atomic E-state index is 0.158. The highest BCUT2D eigenvalue weighted by Crippen LogP contribution is 2.22. The molecule has 2 saturated heterocycles. The lowest BCUT2D eigenvalue weighted by Crippen LogP contribution is -2.44. The average Bonchev–Trinajstić information content (AvgIpc) is 2.63. The third-order valence-corrected chi connectivity index (χ3v) is 5.41. The number of rotatable bonds is 4. The van der Waals surface area contributed by atoms with Crippen molar-refractivity contribution in [1.29, 1.82) is 0 Å². The van der Waals surface area contributed by atoms with E-state index in [1.54, 1.807) is 0 Å². The Labute approximate surface area is 145 Å². The molecule has 1 aromatic rings. The fraction of sp³-hybridized carbons (Fsp3) is 0.632. The molecule has 1 amide bonds. The molecule has 132 valence electrons. The van der Waals surface area contributed by atoms with Crippen LogP contribution in [0.2, 0.25) is 0 Å². The number of piperazine rings is 1. The summed E-state index contributed by atoms with van der Waals surface area (Å²) in [5.74, 6) is 0.336. The Kier molecular flexibility index (Phi) is 5.74. The first-order chi connectivity index (χ1) is 11.7. The van der Waals surface area contributed by atoms with Crippen molar-refractivity contribution in [3.63, 3.8) is 0 Å². The Balaban J connectivity index is 1.51. The second kappa shape index (κ2) is 7.99. The minimum atomic E-state index is 0.158. The van der Waals surface area contributed by atoms with Crippen LogP contribution >= 0.6 is 0 Å². The van der Waals surface area contributed by atoms with Crippen molar-refractivity contribution in [2.75, 3.05) is 63.1 Å². The number of benzene rings is 1. The Morgan fingerprint density at radius 3 is 2.25 bits per heavy atom. The Hall–Kier alpha value is -1.59. The minimum Gasteiger partial charge on any atom is -0.369 e. The summed E-state index contributed by atoms with van der Waals surface area (Å²) in [6.07, 6.45) is 1.94. The summed E-state index contributed by atoms with van der Waals surface area (Å²) in [5, 5.41) is 3.10. The lowest BCUT2D eigenvalue weighted by atomic mass is 9.96. The molecule has 0 spiro atoms. The Morgan fingerprint density at radius 1 is 1.04 bits per heavy atom. The van der Waals surface area contributed by atoms with Gasteiger partial charge in [-0.2, -0.15) is 0 Å². The van der Waals surface area contributed by atoms with Crippen LogP contribution in [0.3, 0.4) is 0 Å². The number of anilines is 2. The number of carbonyl (C=O) groups is 1. The predicted molar refractivity (Wildman–Crippen MR) is 99.6 cm³/mol. The molecule has 0 aliphatic carbocycles. The van der Waals surface area contributed by atoms with Crippen LogP contribution in [0.5, 0.6) is 0 Å². The molecule has 0 saturated carbocycles. The first-order valence-corrected chi connectivity index (χ1v) is 9.22. The molecule has 2 aliphatic rings. The summed E-state index contributed by atoms with van der Waals surface area (Å²) in [7, 11) is 2.17. The van der Waals surface area contributed by atoms with E-state index in [4.69, 9.17) is 0 Å². The van der Waals surface area contributed by atoms with Gasteiger partial charge in [-0.1, -0.05) is 6.92 Å². The van der Waals surface area contributed by atoms with Crippen molar-refractivity contribution in [3.05, 3.63) is 24.3 Å². The van der Waals surface area contributed by atoms with Gasteiger partial charge in [0.15, 0.2) is 0 Å². The molecule has 0 bridgehead atoms. The van der Waals surface area contributed by atoms with Crippen molar-refractivity contribution in [1.82, 2.24) is 9.80 Å². The number of hydrogen-bond donors (Lipinski definition) is 1. The average molecular weight is 330 g/mol. The van der Waals surface area contributed by atoms with Crippen LogP contribution in [-0.4, -0.2) is 68.6 Å². The van der Waals surface area contributed by atoms with Gasteiger partial charge in [0, 0.05) is 43.5 Å². The number of nitrogens with zero attached hydrogens (tertiary/aromatic N) is 3. The zero-order valence-corrected chi connectivity index (χ0v) is 15.0. The van der Waals surface area contributed by atoms with E-state index in [-0.39, 0.29) is 11.8 Å². The lowest BCUT2D eigenvalue weighted by molar-refractivity contribution is -0.121. The number of nitrogens with one attached hydrogen (secondary N) is 1. The summed E-state index contributed by atoms with van der Waals surface area (Å²) in [6, 6.07) is 8.32. The number of likely N-dealkylation sites (tertiary alicyclic amines) is 1. The topological polar surface area (TPSA) is 38.8 Å². The van der Waals surface area contributed by atoms with Crippen LogP contribution in [0.4, 0.5) is 11.4 Å². The maximum atomic E-state index is 12.4. The summed E-state index contributed by atoms with van der Waals surface area (Å²) < 4.78 is 0. The number of carbonyl (C=O) groups excluding carboxylic acids is 1. The molecule has 5 nitrogen and oxygen atoms in total. The monoisotopic (exact) mass is 330 g/mol. The highest BCUT2D eigenvalue weighted by molar-refractivity contribution is 5.92. The normalized spacial score (nSPS) is 21.0. The summed E-state index contributed by atoms with van der Waals surface area (Å²) in [4.78, 5) is 19.6. The Bertz CT molecular complexity index is 529. The lowest BCUT2D eigenvalue weighted by Gasteiger charge is -2.34. The van der Waals surface area contributed by atoms with Crippen molar-refractivity contribution in [2.45, 2.75) is 19.8 Å². The van der Waals surface area contributed by atoms with E-state index < -0.39 is 0 Å². The molecule has 0 aromatic heterocycles. The van der Waals surface area contributed by atoms with E-state index in [0.717, 1.165) is 64.3 Å². The number of hydrogen-bond acceptors (Lipinski definition) is 4. The highest BCUT2D eigenvalue weighted by atomic mass is 16.1. The first kappa shape index (κ1) is 17.2. The maximum Gasteiger partial charge on any atom is 0.227 e. The third-order valence-electron chi connectivity index (χ3n) is 5.41. The van der Waals surface area contributed by atoms with Crippen molar-refractivity contribution < 1.29 is 4.79 Å². The zero-order valence-electron chi connectivity index (χ0n) is 15.0. The van der Waals surface area contributed by atoms with Gasteiger partial charge < -0.3 is 20.0 Å². The summed E-state index contributed by atoms with van der Waals surface area (Å²) in [5.41, 5.74) is 2.16. The summed E-state index contributed by atoms with van der Waals surface area (Å²) in [6.45, 7) is 9.69. The standard InChI is InChI=1S/C19H30N4O/c1-3-22-10-8-16(9-11-22)19(24)20-17-4-6-18(7-5-17)23-14-12-21(2)13-15-23/h4-7,16H,3,8-15H2,1-2H3,(H,20,24). The molecule has 3 rings (SSSR count). The van der Waals surface area contributed by atoms with E-state index in [1.165, 1.54) is 5.69 Å². The number of piperidine rings is 1. The van der Waals surface area contributed by atoms with Gasteiger partial charge >= 0.3 is 0 Å². The molecule has 0 atom stereocenters. The molecular formula is C19H30N4O. The first-order valence-electron chi connectivity index (χ1n) is 9.22. The fourth-order valence-corrected chi connectivity index (χ4v) is 3.58. The van der Waals surface area contributed by atoms with Crippen molar-refractivity contribution >= 4 is 17.3 Å². The van der Waals surface area contributed by atoms with E-state index in [1.807, 2.05) is 12.1 Å². The van der Waals surface area contributed by atoms with E-state index in [9.17, 15) is 4.79 Å². The Morgan fingerprint density at radius 2 is 1.67 bits per heavy atom. The van der Waals surface area contributed by atoms with Crippen LogP contribution in [0, 0.1) is 5.92 Å². The quantitative estimate of drug-likeness (QED) is 0.918. The largest absolute Gasteiger partial charge is 0.369 e. The molecule has 0 unspecified atom stereocenters. The molecule has 2 aliphatic heterocycles. The van der Waals surface area contributed by atoms with Crippen LogP contribution in [0.25, 0.3) is 0 Å². The molecule has 24 heavy (non-hydrogen) atoms. The van der Waals surface area contributed by atoms with Gasteiger partial charge in [-0.05, 0) is 63.8 Å². The zero-order chi connectivity index (χ0) is 16.9. The van der Waals surface area contributed by atoms with Crippen molar-refractivity contribution in [2.24, 2.45) is 5.92 Å². The van der Waals surface area contributed by atoms with E-state index in [0.29, 0.717) is 0 Å². The fourth-order valence-electron chi connectivity index (χ4n) is 3.58. The van der Waals surface area contributed by atoms with Gasteiger partial charge in [-0.25, -0.2) is 0 Å². The van der Waals surface area contributed by atoms with Gasteiger partial charge in [0.05, 0.1) is 0 Å². The smallest absolute Gasteiger partial charge is 0.227 e. The number of likely N-dealkylation sites (N-methyl/N-ethyl adjacent to an activating group) is 1. The molecule has 1 N–H and O–H groups in total. The molecule has 2 heterocycles. The van der Waals surface area contributed by atoms with Gasteiger partial charge in [0.25, 0.3) is 0 Å². The molecule has 1 aromatic carbocycles. The van der Waals surface area contributed by atoms with Crippen LogP contribution in [0.1, 0.15) is 19.8 Å². The SMILES string of the molecule is CCN1CCC(C(=O)Nc2ccc(N3CCN(C)CC3)cc2)CC1. The molecule has 0 radical (unpaired) electrons. The predicted octanol–water partition coefficient (Wildman–Crippen LogP) is 2.11. The second-order valence-electron chi connectivity index (χ2n) is 7.03. The van der Waals surface area contributed by atoms with Gasteiger partial charge in [0.2, 0.25) is 5.91 Å².